The molecule has 2 unspecified atom stereocenters. The number of esters is 1. The van der Waals surface area contributed by atoms with Gasteiger partial charge in [0, 0.05) is 12.8 Å². The number of halogens is 1. The molecule has 1 aliphatic heterocycles. The van der Waals surface area contributed by atoms with Crippen molar-refractivity contribution in [3.05, 3.63) is 75.1 Å². The molecular formula is C24H28BrNO4S2. The Morgan fingerprint density at radius 3 is 2.34 bits per heavy atom. The Balaban J connectivity index is 0.00000289. The average Bonchev–Trinajstić information content (AvgIpc) is 3.54. The van der Waals surface area contributed by atoms with Gasteiger partial charge in [-0.05, 0) is 35.0 Å². The van der Waals surface area contributed by atoms with E-state index >= 15 is 0 Å². The van der Waals surface area contributed by atoms with Gasteiger partial charge in [-0.3, -0.25) is 0 Å². The van der Waals surface area contributed by atoms with Gasteiger partial charge in [-0.2, -0.15) is 0 Å². The highest BCUT2D eigenvalue weighted by atomic mass is 79.9. The minimum atomic E-state index is -1.74. The van der Waals surface area contributed by atoms with Crippen LogP contribution < -0.4 is 21.7 Å². The molecule has 172 valence electrons. The lowest BCUT2D eigenvalue weighted by atomic mass is 10.00. The van der Waals surface area contributed by atoms with Crippen LogP contribution in [0.2, 0.25) is 0 Å². The van der Waals surface area contributed by atoms with Crippen LogP contribution in [0, 0.1) is 0 Å². The number of hydrogen-bond donors (Lipinski definition) is 1. The Kier molecular flexibility index (Phi) is 8.52. The number of likely N-dealkylation sites (N-methyl/N-ethyl adjacent to an activating group) is 1. The van der Waals surface area contributed by atoms with Gasteiger partial charge in [0.1, 0.15) is 12.3 Å². The number of thiophene rings is 2. The first-order valence-corrected chi connectivity index (χ1v) is 12.3. The van der Waals surface area contributed by atoms with Gasteiger partial charge in [-0.15, -0.1) is 22.7 Å². The van der Waals surface area contributed by atoms with Gasteiger partial charge < -0.3 is 36.0 Å². The van der Waals surface area contributed by atoms with Crippen molar-refractivity contribution in [2.75, 3.05) is 33.3 Å². The number of hydrogen-bond acceptors (Lipinski definition) is 6. The van der Waals surface area contributed by atoms with E-state index in [4.69, 9.17) is 9.47 Å². The minimum absolute atomic E-state index is 0. The molecule has 0 spiro atoms. The maximum absolute atomic E-state index is 13.2. The molecule has 1 fully saturated rings. The number of carbonyl (C=O) groups excluding carboxylic acids is 1. The van der Waals surface area contributed by atoms with Crippen molar-refractivity contribution >= 4 is 28.6 Å². The third-order valence-corrected chi connectivity index (χ3v) is 7.77. The van der Waals surface area contributed by atoms with E-state index in [2.05, 4.69) is 7.05 Å². The zero-order valence-corrected chi connectivity index (χ0v) is 21.2. The number of nitrogens with zero attached hydrogens (tertiary/aromatic N) is 1. The number of rotatable bonds is 9. The summed E-state index contributed by atoms with van der Waals surface area (Å²) in [4.78, 5) is 14.3. The molecule has 5 nitrogen and oxygen atoms in total. The molecule has 2 atom stereocenters. The smallest absolute Gasteiger partial charge is 0.349 e. The van der Waals surface area contributed by atoms with E-state index in [0.29, 0.717) is 16.4 Å². The van der Waals surface area contributed by atoms with E-state index in [-0.39, 0.29) is 23.1 Å². The Morgan fingerprint density at radius 1 is 1.09 bits per heavy atom. The fourth-order valence-corrected chi connectivity index (χ4v) is 5.82. The first kappa shape index (κ1) is 24.9. The van der Waals surface area contributed by atoms with E-state index in [0.717, 1.165) is 42.7 Å². The normalized spacial score (nSPS) is 20.5. The SMILES string of the molecule is C[N+]1(CCCOc2ccccc2)CCC(OC(=O)C(O)(c2cccs2)c2cccs2)C1.[Br-]. The Bertz CT molecular complexity index is 931. The summed E-state index contributed by atoms with van der Waals surface area (Å²) < 4.78 is 12.5. The summed E-state index contributed by atoms with van der Waals surface area (Å²) in [6.07, 6.45) is 1.53. The van der Waals surface area contributed by atoms with Crippen molar-refractivity contribution in [3.8, 4) is 5.75 Å². The van der Waals surface area contributed by atoms with Gasteiger partial charge in [0.25, 0.3) is 0 Å². The summed E-state index contributed by atoms with van der Waals surface area (Å²) in [5.41, 5.74) is -1.74. The Labute approximate surface area is 207 Å². The second-order valence-corrected chi connectivity index (χ2v) is 10.1. The second kappa shape index (κ2) is 10.9. The molecule has 1 N–H and O–H groups in total. The molecule has 32 heavy (non-hydrogen) atoms. The monoisotopic (exact) mass is 537 g/mol. The van der Waals surface area contributed by atoms with Crippen LogP contribution in [0.15, 0.2) is 65.4 Å². The summed E-state index contributed by atoms with van der Waals surface area (Å²) in [6, 6.07) is 17.1. The molecular weight excluding hydrogens is 510 g/mol. The Hall–Kier alpha value is -1.71. The van der Waals surface area contributed by atoms with E-state index in [1.54, 1.807) is 12.1 Å². The van der Waals surface area contributed by atoms with E-state index in [1.165, 1.54) is 22.7 Å². The fourth-order valence-electron chi connectivity index (χ4n) is 4.11. The second-order valence-electron chi connectivity index (χ2n) is 8.25. The summed E-state index contributed by atoms with van der Waals surface area (Å²) in [7, 11) is 2.20. The minimum Gasteiger partial charge on any atom is -1.00 e. The van der Waals surface area contributed by atoms with Crippen LogP contribution >= 0.6 is 22.7 Å². The third kappa shape index (κ3) is 5.61. The van der Waals surface area contributed by atoms with Crippen LogP contribution in [-0.4, -0.2) is 55.0 Å². The lowest BCUT2D eigenvalue weighted by Crippen LogP contribution is -3.00. The highest BCUT2D eigenvalue weighted by Gasteiger charge is 2.46. The fraction of sp³-hybridized carbons (Fsp3) is 0.375. The lowest BCUT2D eigenvalue weighted by molar-refractivity contribution is -0.899. The molecule has 4 rings (SSSR count). The number of quaternary nitrogens is 1. The van der Waals surface area contributed by atoms with Crippen LogP contribution in [-0.2, 0) is 15.1 Å². The average molecular weight is 539 g/mol. The van der Waals surface area contributed by atoms with Crippen molar-refractivity contribution in [2.45, 2.75) is 24.5 Å². The number of ether oxygens (including phenoxy) is 2. The summed E-state index contributed by atoms with van der Waals surface area (Å²) in [5, 5.41) is 15.1. The molecule has 0 bridgehead atoms. The molecule has 1 aliphatic rings. The maximum Gasteiger partial charge on any atom is 0.349 e. The third-order valence-electron chi connectivity index (χ3n) is 5.81. The molecule has 0 radical (unpaired) electrons. The maximum atomic E-state index is 13.2. The van der Waals surface area contributed by atoms with Gasteiger partial charge in [0.15, 0.2) is 6.10 Å². The zero-order valence-electron chi connectivity index (χ0n) is 18.0. The first-order valence-electron chi connectivity index (χ1n) is 10.5. The van der Waals surface area contributed by atoms with Gasteiger partial charge in [0.05, 0.1) is 36.5 Å². The van der Waals surface area contributed by atoms with Crippen molar-refractivity contribution in [3.63, 3.8) is 0 Å². The van der Waals surface area contributed by atoms with Crippen LogP contribution in [0.4, 0.5) is 0 Å². The molecule has 1 saturated heterocycles. The van der Waals surface area contributed by atoms with Crippen molar-refractivity contribution in [1.82, 2.24) is 0 Å². The van der Waals surface area contributed by atoms with E-state index in [9.17, 15) is 9.90 Å². The van der Waals surface area contributed by atoms with Crippen LogP contribution in [0.25, 0.3) is 0 Å². The number of aliphatic hydroxyl groups is 1. The first-order chi connectivity index (χ1) is 15.0. The topological polar surface area (TPSA) is 55.8 Å². The van der Waals surface area contributed by atoms with Crippen LogP contribution in [0.5, 0.6) is 5.75 Å². The number of benzene rings is 1. The van der Waals surface area contributed by atoms with Gasteiger partial charge in [-0.1, -0.05) is 30.3 Å². The van der Waals surface area contributed by atoms with Crippen molar-refractivity contribution in [2.24, 2.45) is 0 Å². The highest BCUT2D eigenvalue weighted by Crippen LogP contribution is 2.37. The molecule has 1 aromatic carbocycles. The van der Waals surface area contributed by atoms with E-state index in [1.807, 2.05) is 53.2 Å². The largest absolute Gasteiger partial charge is 1.00 e. The highest BCUT2D eigenvalue weighted by molar-refractivity contribution is 7.12. The van der Waals surface area contributed by atoms with Crippen molar-refractivity contribution in [1.29, 1.82) is 0 Å². The van der Waals surface area contributed by atoms with Crippen molar-refractivity contribution < 1.29 is 40.8 Å². The van der Waals surface area contributed by atoms with Gasteiger partial charge >= 0.3 is 5.97 Å². The predicted molar refractivity (Wildman–Crippen MR) is 123 cm³/mol. The molecule has 8 heteroatoms. The number of likely N-dealkylation sites (tertiary alicyclic amines) is 1. The molecule has 3 aromatic rings. The Morgan fingerprint density at radius 2 is 1.75 bits per heavy atom. The molecule has 0 aliphatic carbocycles. The predicted octanol–water partition coefficient (Wildman–Crippen LogP) is 1.28. The number of para-hydroxylation sites is 1. The summed E-state index contributed by atoms with van der Waals surface area (Å²) >= 11 is 2.73. The molecule has 0 saturated carbocycles. The lowest BCUT2D eigenvalue weighted by Gasteiger charge is -2.30. The zero-order chi connectivity index (χ0) is 21.7. The summed E-state index contributed by atoms with van der Waals surface area (Å²) in [5.74, 6) is 0.308. The molecule has 3 heterocycles. The number of carbonyl (C=O) groups is 1. The standard InChI is InChI=1S/C24H28NO4S2.BrH/c1-25(13-7-15-28-19-8-3-2-4-9-19)14-12-20(18-25)29-23(26)24(27,21-10-5-16-30-21)22-11-6-17-31-22;/h2-6,8-11,16-17,20,27H,7,12-15,18H2,1H3;1H/q+1;/p-1. The molecule has 0 amide bonds. The summed E-state index contributed by atoms with van der Waals surface area (Å²) in [6.45, 7) is 3.32. The van der Waals surface area contributed by atoms with Gasteiger partial charge in [0.2, 0.25) is 5.60 Å². The quantitative estimate of drug-likeness (QED) is 0.254. The molecule has 2 aromatic heterocycles. The van der Waals surface area contributed by atoms with Crippen LogP contribution in [0.1, 0.15) is 22.6 Å². The van der Waals surface area contributed by atoms with E-state index < -0.39 is 11.6 Å². The van der Waals surface area contributed by atoms with Gasteiger partial charge in [-0.25, -0.2) is 4.79 Å². The van der Waals surface area contributed by atoms with Crippen LogP contribution in [0.3, 0.4) is 0 Å².